The molecule has 1 aromatic heterocycles. The molecule has 1 unspecified atom stereocenters. The van der Waals surface area contributed by atoms with Crippen molar-refractivity contribution >= 4 is 33.5 Å². The lowest BCUT2D eigenvalue weighted by Gasteiger charge is -2.36. The number of carboxylic acid groups (broad SMARTS) is 2. The lowest BCUT2D eigenvalue weighted by atomic mass is 9.97. The first-order chi connectivity index (χ1) is 18.3. The fraction of sp³-hybridized carbons (Fsp3) is 0.458. The van der Waals surface area contributed by atoms with Gasteiger partial charge in [-0.1, -0.05) is 0 Å². The number of benzene rings is 1. The number of nitrogens with zero attached hydrogens (tertiary/aromatic N) is 3. The molecule has 3 heterocycles. The van der Waals surface area contributed by atoms with E-state index in [9.17, 15) is 35.9 Å². The van der Waals surface area contributed by atoms with Crippen molar-refractivity contribution < 1.29 is 45.8 Å². The molecule has 39 heavy (non-hydrogen) atoms. The minimum absolute atomic E-state index is 0.107. The number of alkyl halides is 3. The van der Waals surface area contributed by atoms with Gasteiger partial charge in [-0.25, -0.2) is 27.4 Å². The Labute approximate surface area is 222 Å². The standard InChI is InChI=1S/C22H27FN4O4S.C2HF3O2/c23-18-5-7-19(8-6-18)32(30,31)25-20-12-17(22(28)29)13-24-21(20)27-11-3-4-16(15-27)14-26-9-1-2-10-26;3-2(4,5)1(6)7/h5-8,12-13,16,25H,1-4,9-11,14-15H2,(H,28,29);(H,6,7). The first-order valence-electron chi connectivity index (χ1n) is 12.1. The molecular weight excluding hydrogens is 548 g/mol. The third-order valence-electron chi connectivity index (χ3n) is 6.26. The molecule has 0 spiro atoms. The summed E-state index contributed by atoms with van der Waals surface area (Å²) in [5, 5.41) is 16.5. The van der Waals surface area contributed by atoms with E-state index in [2.05, 4.69) is 14.6 Å². The van der Waals surface area contributed by atoms with Crippen LogP contribution in [-0.4, -0.2) is 79.4 Å². The van der Waals surface area contributed by atoms with Crippen LogP contribution in [0, 0.1) is 11.7 Å². The van der Waals surface area contributed by atoms with Gasteiger partial charge in [-0.05, 0) is 75.0 Å². The van der Waals surface area contributed by atoms with E-state index in [0.29, 0.717) is 18.3 Å². The number of aromatic nitrogens is 1. The van der Waals surface area contributed by atoms with E-state index in [1.807, 2.05) is 4.90 Å². The number of pyridine rings is 1. The van der Waals surface area contributed by atoms with Gasteiger partial charge in [0, 0.05) is 25.8 Å². The summed E-state index contributed by atoms with van der Waals surface area (Å²) in [5.74, 6) is -3.66. The number of hydrogen-bond acceptors (Lipinski definition) is 7. The highest BCUT2D eigenvalue weighted by atomic mass is 32.2. The van der Waals surface area contributed by atoms with Gasteiger partial charge in [0.15, 0.2) is 5.82 Å². The maximum absolute atomic E-state index is 13.2. The van der Waals surface area contributed by atoms with E-state index >= 15 is 0 Å². The normalized spacial score (nSPS) is 18.3. The fourth-order valence-electron chi connectivity index (χ4n) is 4.46. The van der Waals surface area contributed by atoms with Crippen molar-refractivity contribution in [3.05, 3.63) is 47.9 Å². The highest BCUT2D eigenvalue weighted by Crippen LogP contribution is 2.31. The minimum Gasteiger partial charge on any atom is -0.478 e. The van der Waals surface area contributed by atoms with Crippen LogP contribution in [0.25, 0.3) is 0 Å². The van der Waals surface area contributed by atoms with Crippen LogP contribution < -0.4 is 9.62 Å². The topological polar surface area (TPSA) is 140 Å². The van der Waals surface area contributed by atoms with Gasteiger partial charge in [0.2, 0.25) is 0 Å². The van der Waals surface area contributed by atoms with Crippen LogP contribution in [0.15, 0.2) is 41.4 Å². The molecule has 214 valence electrons. The van der Waals surface area contributed by atoms with Crippen molar-refractivity contribution in [2.45, 2.75) is 36.8 Å². The fourth-order valence-corrected chi connectivity index (χ4v) is 5.51. The van der Waals surface area contributed by atoms with Crippen LogP contribution in [0.4, 0.5) is 29.1 Å². The summed E-state index contributed by atoms with van der Waals surface area (Å²) < 4.78 is 73.2. The van der Waals surface area contributed by atoms with Crippen LogP contribution in [0.3, 0.4) is 0 Å². The van der Waals surface area contributed by atoms with Gasteiger partial charge < -0.3 is 20.0 Å². The Morgan fingerprint density at radius 2 is 1.67 bits per heavy atom. The van der Waals surface area contributed by atoms with Crippen LogP contribution in [0.2, 0.25) is 0 Å². The van der Waals surface area contributed by atoms with Crippen molar-refractivity contribution in [1.82, 2.24) is 9.88 Å². The van der Waals surface area contributed by atoms with Crippen molar-refractivity contribution in [1.29, 1.82) is 0 Å². The molecule has 10 nitrogen and oxygen atoms in total. The first kappa shape index (κ1) is 30.1. The van der Waals surface area contributed by atoms with Crippen LogP contribution in [0.5, 0.6) is 0 Å². The molecule has 2 aromatic rings. The number of rotatable bonds is 7. The summed E-state index contributed by atoms with van der Waals surface area (Å²) in [6, 6.07) is 5.75. The third-order valence-corrected chi connectivity index (χ3v) is 7.64. The largest absolute Gasteiger partial charge is 0.490 e. The van der Waals surface area contributed by atoms with Gasteiger partial charge in [0.25, 0.3) is 10.0 Å². The minimum atomic E-state index is -5.08. The number of anilines is 2. The summed E-state index contributed by atoms with van der Waals surface area (Å²) in [6.07, 6.45) is 0.660. The van der Waals surface area contributed by atoms with E-state index < -0.39 is 34.0 Å². The molecule has 0 saturated carbocycles. The SMILES string of the molecule is O=C(O)C(F)(F)F.O=C(O)c1cnc(N2CCCC(CN3CCCC3)C2)c(NS(=O)(=O)c2ccc(F)cc2)c1. The molecule has 2 aliphatic rings. The predicted octanol–water partition coefficient (Wildman–Crippen LogP) is 3.67. The van der Waals surface area contributed by atoms with Crippen molar-refractivity contribution in [2.75, 3.05) is 42.3 Å². The Hall–Kier alpha value is -3.46. The van der Waals surface area contributed by atoms with Crippen LogP contribution in [-0.2, 0) is 14.8 Å². The molecule has 0 amide bonds. The summed E-state index contributed by atoms with van der Waals surface area (Å²) in [6.45, 7) is 4.66. The zero-order valence-electron chi connectivity index (χ0n) is 20.7. The highest BCUT2D eigenvalue weighted by Gasteiger charge is 2.38. The number of sulfonamides is 1. The number of hydrogen-bond donors (Lipinski definition) is 3. The lowest BCUT2D eigenvalue weighted by Crippen LogP contribution is -2.41. The third kappa shape index (κ3) is 8.51. The molecule has 1 aromatic carbocycles. The number of piperidine rings is 1. The number of nitrogens with one attached hydrogen (secondary N) is 1. The van der Waals surface area contributed by atoms with Gasteiger partial charge >= 0.3 is 18.1 Å². The average Bonchev–Trinajstić information content (AvgIpc) is 3.37. The highest BCUT2D eigenvalue weighted by molar-refractivity contribution is 7.92. The lowest BCUT2D eigenvalue weighted by molar-refractivity contribution is -0.192. The molecule has 2 fully saturated rings. The number of likely N-dealkylation sites (tertiary alicyclic amines) is 1. The molecule has 4 rings (SSSR count). The predicted molar refractivity (Wildman–Crippen MR) is 133 cm³/mol. The number of aromatic carboxylic acids is 1. The summed E-state index contributed by atoms with van der Waals surface area (Å²) in [7, 11) is -4.05. The van der Waals surface area contributed by atoms with Gasteiger partial charge in [-0.2, -0.15) is 13.2 Å². The quantitative estimate of drug-likeness (QED) is 0.421. The van der Waals surface area contributed by atoms with E-state index in [1.54, 1.807) is 0 Å². The zero-order valence-corrected chi connectivity index (χ0v) is 21.5. The molecule has 0 bridgehead atoms. The maximum Gasteiger partial charge on any atom is 0.490 e. The molecule has 3 N–H and O–H groups in total. The second-order valence-electron chi connectivity index (χ2n) is 9.22. The Kier molecular flexibility index (Phi) is 9.72. The molecule has 1 atom stereocenters. The average molecular weight is 577 g/mol. The van der Waals surface area contributed by atoms with Gasteiger partial charge in [-0.3, -0.25) is 4.72 Å². The molecule has 2 saturated heterocycles. The zero-order chi connectivity index (χ0) is 28.8. The van der Waals surface area contributed by atoms with E-state index in [0.717, 1.165) is 51.2 Å². The van der Waals surface area contributed by atoms with Crippen LogP contribution in [0.1, 0.15) is 36.0 Å². The Morgan fingerprint density at radius 3 is 2.23 bits per heavy atom. The smallest absolute Gasteiger partial charge is 0.478 e. The van der Waals surface area contributed by atoms with Gasteiger partial charge in [-0.15, -0.1) is 0 Å². The summed E-state index contributed by atoms with van der Waals surface area (Å²) in [5.41, 5.74) is -0.00719. The first-order valence-corrected chi connectivity index (χ1v) is 13.5. The van der Waals surface area contributed by atoms with Gasteiger partial charge in [0.05, 0.1) is 16.1 Å². The number of carbonyl (C=O) groups is 2. The van der Waals surface area contributed by atoms with Gasteiger partial charge in [0.1, 0.15) is 5.82 Å². The van der Waals surface area contributed by atoms with Crippen molar-refractivity contribution in [3.63, 3.8) is 0 Å². The molecule has 0 radical (unpaired) electrons. The van der Waals surface area contributed by atoms with E-state index in [1.165, 1.54) is 37.2 Å². The molecule has 2 aliphatic heterocycles. The van der Waals surface area contributed by atoms with Crippen molar-refractivity contribution in [2.24, 2.45) is 5.92 Å². The number of halogens is 4. The monoisotopic (exact) mass is 576 g/mol. The summed E-state index contributed by atoms with van der Waals surface area (Å²) in [4.78, 5) is 29.1. The number of aliphatic carboxylic acids is 1. The second-order valence-corrected chi connectivity index (χ2v) is 10.9. The maximum atomic E-state index is 13.2. The van der Waals surface area contributed by atoms with E-state index in [4.69, 9.17) is 9.90 Å². The Morgan fingerprint density at radius 1 is 1.05 bits per heavy atom. The van der Waals surface area contributed by atoms with Crippen molar-refractivity contribution in [3.8, 4) is 0 Å². The summed E-state index contributed by atoms with van der Waals surface area (Å²) >= 11 is 0. The van der Waals surface area contributed by atoms with Crippen LogP contribution >= 0.6 is 0 Å². The number of carboxylic acids is 2. The Bertz CT molecular complexity index is 1270. The Balaban J connectivity index is 0.000000532. The second kappa shape index (κ2) is 12.6. The molecular formula is C24H28F4N4O6S. The molecule has 0 aliphatic carbocycles. The van der Waals surface area contributed by atoms with E-state index in [-0.39, 0.29) is 16.1 Å². The molecule has 15 heteroatoms.